The van der Waals surface area contributed by atoms with Crippen molar-refractivity contribution in [3.63, 3.8) is 0 Å². The first-order chi connectivity index (χ1) is 15.9. The number of sulfone groups is 1. The van der Waals surface area contributed by atoms with Crippen molar-refractivity contribution in [1.82, 2.24) is 5.32 Å². The molecule has 2 fully saturated rings. The van der Waals surface area contributed by atoms with Gasteiger partial charge in [-0.3, -0.25) is 4.79 Å². The molecule has 1 atom stereocenters. The topological polar surface area (TPSA) is 83.5 Å². The lowest BCUT2D eigenvalue weighted by atomic mass is 9.86. The molecule has 10 heteroatoms. The lowest BCUT2D eigenvalue weighted by molar-refractivity contribution is -0.137. The molecule has 0 spiro atoms. The molecule has 0 bridgehead atoms. The number of aliphatic hydroxyl groups is 1. The van der Waals surface area contributed by atoms with Crippen LogP contribution in [0, 0.1) is 5.92 Å². The summed E-state index contributed by atoms with van der Waals surface area (Å²) in [5.74, 6) is -0.579. The molecule has 184 valence electrons. The molecule has 2 aliphatic carbocycles. The van der Waals surface area contributed by atoms with Crippen LogP contribution >= 0.6 is 11.6 Å². The van der Waals surface area contributed by atoms with Crippen LogP contribution < -0.4 is 5.32 Å². The first kappa shape index (κ1) is 25.0. The van der Waals surface area contributed by atoms with Crippen LogP contribution in [0.5, 0.6) is 0 Å². The van der Waals surface area contributed by atoms with E-state index < -0.39 is 44.1 Å². The highest BCUT2D eigenvalue weighted by Gasteiger charge is 2.42. The van der Waals surface area contributed by atoms with Crippen LogP contribution in [-0.2, 0) is 16.0 Å². The maximum Gasteiger partial charge on any atom is 0.417 e. The van der Waals surface area contributed by atoms with E-state index in [1.165, 1.54) is 30.3 Å². The molecule has 0 heterocycles. The van der Waals surface area contributed by atoms with Crippen molar-refractivity contribution in [2.45, 2.75) is 61.2 Å². The Morgan fingerprint density at radius 3 is 2.29 bits per heavy atom. The Kier molecular flexibility index (Phi) is 6.74. The molecule has 2 aromatic rings. The molecule has 0 aromatic heterocycles. The number of carbonyl (C=O) groups is 1. The molecule has 5 nitrogen and oxygen atoms in total. The Labute approximate surface area is 201 Å². The number of hydrogen-bond acceptors (Lipinski definition) is 4. The first-order valence-electron chi connectivity index (χ1n) is 11.1. The average molecular weight is 516 g/mol. The third kappa shape index (κ3) is 5.26. The molecule has 0 aliphatic heterocycles. The number of carbonyl (C=O) groups excluding carboxylic acids is 1. The van der Waals surface area contributed by atoms with Gasteiger partial charge in [0.05, 0.1) is 38.4 Å². The lowest BCUT2D eigenvalue weighted by Crippen LogP contribution is -2.44. The molecule has 34 heavy (non-hydrogen) atoms. The third-order valence-corrected chi connectivity index (χ3v) is 8.86. The van der Waals surface area contributed by atoms with Crippen LogP contribution in [0.25, 0.3) is 0 Å². The summed E-state index contributed by atoms with van der Waals surface area (Å²) in [6.45, 7) is 0. The fourth-order valence-corrected chi connectivity index (χ4v) is 6.51. The van der Waals surface area contributed by atoms with Crippen molar-refractivity contribution < 1.29 is 31.5 Å². The average Bonchev–Trinajstić information content (AvgIpc) is 3.46. The standard InChI is InChI=1S/C24H25ClF3NO4S/c25-20-18(4-3-5-19(20)24(26,27)28)22(30)29-21(23(31)12-1-2-13-23)16-8-10-17(11-9-16)34(32,33)14-15-6-7-15/h3-5,8-11,15,21,31H,1-2,6-7,12-14H2,(H,29,30). The van der Waals surface area contributed by atoms with Gasteiger partial charge in [0.2, 0.25) is 0 Å². The van der Waals surface area contributed by atoms with E-state index in [1.807, 2.05) is 0 Å². The summed E-state index contributed by atoms with van der Waals surface area (Å²) in [5, 5.41) is 13.2. The van der Waals surface area contributed by atoms with Gasteiger partial charge in [0.25, 0.3) is 5.91 Å². The van der Waals surface area contributed by atoms with Crippen LogP contribution in [0.15, 0.2) is 47.4 Å². The van der Waals surface area contributed by atoms with E-state index in [4.69, 9.17) is 11.6 Å². The van der Waals surface area contributed by atoms with Gasteiger partial charge in [0.15, 0.2) is 9.84 Å². The van der Waals surface area contributed by atoms with Gasteiger partial charge >= 0.3 is 6.18 Å². The maximum atomic E-state index is 13.2. The van der Waals surface area contributed by atoms with E-state index in [0.29, 0.717) is 18.4 Å². The number of alkyl halides is 3. The second-order valence-electron chi connectivity index (χ2n) is 9.18. The fraction of sp³-hybridized carbons (Fsp3) is 0.458. The minimum absolute atomic E-state index is 0.0878. The summed E-state index contributed by atoms with van der Waals surface area (Å²) >= 11 is 5.92. The molecule has 2 N–H and O–H groups in total. The van der Waals surface area contributed by atoms with Crippen molar-refractivity contribution in [2.24, 2.45) is 5.92 Å². The van der Waals surface area contributed by atoms with E-state index in [-0.39, 0.29) is 22.1 Å². The van der Waals surface area contributed by atoms with E-state index in [1.54, 1.807) is 0 Å². The first-order valence-corrected chi connectivity index (χ1v) is 13.2. The van der Waals surface area contributed by atoms with Crippen LogP contribution in [0.1, 0.15) is 66.1 Å². The van der Waals surface area contributed by atoms with Gasteiger partial charge in [-0.15, -0.1) is 0 Å². The van der Waals surface area contributed by atoms with Gasteiger partial charge < -0.3 is 10.4 Å². The smallest absolute Gasteiger partial charge is 0.387 e. The predicted octanol–water partition coefficient (Wildman–Crippen LogP) is 5.32. The molecule has 0 saturated heterocycles. The minimum atomic E-state index is -4.72. The van der Waals surface area contributed by atoms with Crippen LogP contribution in [-0.4, -0.2) is 30.8 Å². The van der Waals surface area contributed by atoms with E-state index in [9.17, 15) is 31.5 Å². The molecule has 4 rings (SSSR count). The molecule has 0 radical (unpaired) electrons. The number of hydrogen-bond donors (Lipinski definition) is 2. The van der Waals surface area contributed by atoms with Gasteiger partial charge in [-0.25, -0.2) is 8.42 Å². The summed E-state index contributed by atoms with van der Waals surface area (Å²) in [6, 6.07) is 8.10. The highest BCUT2D eigenvalue weighted by molar-refractivity contribution is 7.91. The minimum Gasteiger partial charge on any atom is -0.387 e. The number of nitrogens with one attached hydrogen (secondary N) is 1. The monoisotopic (exact) mass is 515 g/mol. The quantitative estimate of drug-likeness (QED) is 0.523. The Hall–Kier alpha value is -2.10. The summed E-state index contributed by atoms with van der Waals surface area (Å²) in [4.78, 5) is 13.2. The second-order valence-corrected chi connectivity index (χ2v) is 11.6. The highest BCUT2D eigenvalue weighted by Crippen LogP contribution is 2.41. The van der Waals surface area contributed by atoms with E-state index in [2.05, 4.69) is 5.32 Å². The summed E-state index contributed by atoms with van der Waals surface area (Å²) in [5.41, 5.74) is -2.33. The summed E-state index contributed by atoms with van der Waals surface area (Å²) < 4.78 is 64.9. The normalized spacial score (nSPS) is 19.1. The summed E-state index contributed by atoms with van der Waals surface area (Å²) in [7, 11) is -3.44. The second kappa shape index (κ2) is 9.17. The maximum absolute atomic E-state index is 13.2. The molecular formula is C24H25ClF3NO4S. The SMILES string of the molecule is O=C(NC(c1ccc(S(=O)(=O)CC2CC2)cc1)C1(O)CCCC1)c1cccc(C(F)(F)F)c1Cl. The van der Waals surface area contributed by atoms with Crippen molar-refractivity contribution >= 4 is 27.3 Å². The Morgan fingerprint density at radius 1 is 1.12 bits per heavy atom. The van der Waals surface area contributed by atoms with Gasteiger partial charge in [-0.1, -0.05) is 42.6 Å². The lowest BCUT2D eigenvalue weighted by Gasteiger charge is -2.34. The molecule has 1 amide bonds. The molecular weight excluding hydrogens is 491 g/mol. The number of halogens is 4. The van der Waals surface area contributed by atoms with Gasteiger partial charge in [0, 0.05) is 0 Å². The summed E-state index contributed by atoms with van der Waals surface area (Å²) in [6.07, 6.45) is -0.709. The third-order valence-electron chi connectivity index (χ3n) is 6.56. The molecule has 2 aliphatic rings. The number of amides is 1. The Balaban J connectivity index is 1.64. The van der Waals surface area contributed by atoms with Crippen molar-refractivity contribution in [3.8, 4) is 0 Å². The molecule has 2 aromatic carbocycles. The van der Waals surface area contributed by atoms with Gasteiger partial charge in [-0.2, -0.15) is 13.2 Å². The molecule has 1 unspecified atom stereocenters. The predicted molar refractivity (Wildman–Crippen MR) is 121 cm³/mol. The Bertz CT molecular complexity index is 1170. The molecule has 2 saturated carbocycles. The van der Waals surface area contributed by atoms with E-state index in [0.717, 1.165) is 37.8 Å². The highest BCUT2D eigenvalue weighted by atomic mass is 35.5. The number of rotatable bonds is 7. The zero-order valence-electron chi connectivity index (χ0n) is 18.2. The Morgan fingerprint density at radius 2 is 1.74 bits per heavy atom. The van der Waals surface area contributed by atoms with Crippen LogP contribution in [0.3, 0.4) is 0 Å². The van der Waals surface area contributed by atoms with Crippen LogP contribution in [0.2, 0.25) is 5.02 Å². The van der Waals surface area contributed by atoms with Gasteiger partial charge in [-0.05, 0) is 61.4 Å². The van der Waals surface area contributed by atoms with Crippen molar-refractivity contribution in [1.29, 1.82) is 0 Å². The van der Waals surface area contributed by atoms with Crippen LogP contribution in [0.4, 0.5) is 13.2 Å². The largest absolute Gasteiger partial charge is 0.417 e. The zero-order valence-corrected chi connectivity index (χ0v) is 19.8. The van der Waals surface area contributed by atoms with Crippen molar-refractivity contribution in [2.75, 3.05) is 5.75 Å². The van der Waals surface area contributed by atoms with Crippen molar-refractivity contribution in [3.05, 3.63) is 64.2 Å². The fourth-order valence-electron chi connectivity index (χ4n) is 4.50. The zero-order chi connectivity index (χ0) is 24.7. The van der Waals surface area contributed by atoms with Gasteiger partial charge in [0.1, 0.15) is 0 Å². The number of benzene rings is 2. The van der Waals surface area contributed by atoms with E-state index >= 15 is 0 Å².